The highest BCUT2D eigenvalue weighted by atomic mass is 16.4. The molecule has 0 spiro atoms. The van der Waals surface area contributed by atoms with Gasteiger partial charge in [0.15, 0.2) is 0 Å². The summed E-state index contributed by atoms with van der Waals surface area (Å²) in [5.41, 5.74) is 6.11. The molecule has 1 fully saturated rings. The second kappa shape index (κ2) is 4.39. The van der Waals surface area contributed by atoms with Crippen molar-refractivity contribution >= 4 is 5.84 Å². The van der Waals surface area contributed by atoms with Crippen LogP contribution < -0.4 is 11.1 Å². The summed E-state index contributed by atoms with van der Waals surface area (Å²) >= 11 is 0. The van der Waals surface area contributed by atoms with E-state index in [1.807, 2.05) is 0 Å². The van der Waals surface area contributed by atoms with Gasteiger partial charge in [-0.2, -0.15) is 0 Å². The lowest BCUT2D eigenvalue weighted by Crippen LogP contribution is -2.33. The summed E-state index contributed by atoms with van der Waals surface area (Å²) in [6.45, 7) is 8.61. The van der Waals surface area contributed by atoms with Crippen LogP contribution in [0.2, 0.25) is 0 Å². The van der Waals surface area contributed by atoms with Crippen molar-refractivity contribution < 1.29 is 5.21 Å². The summed E-state index contributed by atoms with van der Waals surface area (Å²) < 4.78 is 0. The number of nitrogens with zero attached hydrogens (tertiary/aromatic N) is 1. The minimum atomic E-state index is 0.265. The van der Waals surface area contributed by atoms with Gasteiger partial charge in [0.2, 0.25) is 0 Å². The van der Waals surface area contributed by atoms with Crippen molar-refractivity contribution in [2.24, 2.45) is 21.7 Å². The molecule has 1 saturated carbocycles. The van der Waals surface area contributed by atoms with Crippen LogP contribution in [0.5, 0.6) is 0 Å². The van der Waals surface area contributed by atoms with Crippen molar-refractivity contribution in [3.8, 4) is 0 Å². The maximum absolute atomic E-state index is 8.52. The number of hydrogen-bond donors (Lipinski definition) is 3. The molecule has 0 aromatic rings. The first-order chi connectivity index (χ1) is 6.87. The molecule has 0 bridgehead atoms. The molecule has 1 aliphatic carbocycles. The Morgan fingerprint density at radius 3 is 2.47 bits per heavy atom. The van der Waals surface area contributed by atoms with Crippen LogP contribution in [0, 0.1) is 10.8 Å². The number of rotatable bonds is 5. The van der Waals surface area contributed by atoms with Crippen molar-refractivity contribution in [2.45, 2.75) is 40.0 Å². The highest BCUT2D eigenvalue weighted by molar-refractivity contribution is 5.80. The van der Waals surface area contributed by atoms with Crippen LogP contribution >= 0.6 is 0 Å². The molecule has 0 aliphatic heterocycles. The van der Waals surface area contributed by atoms with Crippen LogP contribution in [0.15, 0.2) is 5.16 Å². The summed E-state index contributed by atoms with van der Waals surface area (Å²) in [6, 6.07) is 0. The van der Waals surface area contributed by atoms with Crippen molar-refractivity contribution in [1.82, 2.24) is 5.32 Å². The topological polar surface area (TPSA) is 70.6 Å². The molecule has 0 atom stereocenters. The number of nitrogens with two attached hydrogens (primary N) is 1. The smallest absolute Gasteiger partial charge is 0.139 e. The van der Waals surface area contributed by atoms with Crippen LogP contribution in [0.4, 0.5) is 0 Å². The Hall–Kier alpha value is -0.770. The summed E-state index contributed by atoms with van der Waals surface area (Å²) in [4.78, 5) is 0. The molecule has 15 heavy (non-hydrogen) atoms. The fourth-order valence-corrected chi connectivity index (χ4v) is 1.72. The number of oxime groups is 1. The quantitative estimate of drug-likeness (QED) is 0.281. The number of hydrogen-bond acceptors (Lipinski definition) is 3. The molecule has 0 unspecified atom stereocenters. The molecule has 88 valence electrons. The van der Waals surface area contributed by atoms with E-state index in [1.54, 1.807) is 0 Å². The van der Waals surface area contributed by atoms with Gasteiger partial charge in [0.05, 0.1) is 0 Å². The highest BCUT2D eigenvalue weighted by Crippen LogP contribution is 2.48. The Morgan fingerprint density at radius 1 is 1.47 bits per heavy atom. The lowest BCUT2D eigenvalue weighted by molar-refractivity contribution is 0.312. The third-order valence-electron chi connectivity index (χ3n) is 2.80. The van der Waals surface area contributed by atoms with Gasteiger partial charge in [-0.25, -0.2) is 0 Å². The van der Waals surface area contributed by atoms with E-state index in [9.17, 15) is 0 Å². The van der Waals surface area contributed by atoms with Gasteiger partial charge in [0.25, 0.3) is 0 Å². The molecule has 4 heteroatoms. The van der Waals surface area contributed by atoms with Gasteiger partial charge in [-0.1, -0.05) is 25.9 Å². The molecular weight excluding hydrogens is 190 g/mol. The Kier molecular flexibility index (Phi) is 3.60. The molecule has 0 radical (unpaired) electrons. The molecule has 1 rings (SSSR count). The average molecular weight is 213 g/mol. The van der Waals surface area contributed by atoms with Crippen LogP contribution in [0.25, 0.3) is 0 Å². The SMILES string of the molecule is CC(C)(C)CNCC1(CC(N)=NO)CC1. The molecule has 0 heterocycles. The van der Waals surface area contributed by atoms with Crippen molar-refractivity contribution in [1.29, 1.82) is 0 Å². The van der Waals surface area contributed by atoms with Gasteiger partial charge in [0.1, 0.15) is 5.84 Å². The minimum absolute atomic E-state index is 0.265. The Bertz CT molecular complexity index is 239. The molecule has 4 N–H and O–H groups in total. The molecule has 0 saturated heterocycles. The van der Waals surface area contributed by atoms with E-state index in [2.05, 4.69) is 31.2 Å². The third kappa shape index (κ3) is 4.51. The minimum Gasteiger partial charge on any atom is -0.409 e. The normalized spacial score (nSPS) is 20.3. The summed E-state index contributed by atoms with van der Waals surface area (Å²) in [7, 11) is 0. The fourth-order valence-electron chi connectivity index (χ4n) is 1.72. The zero-order valence-electron chi connectivity index (χ0n) is 10.0. The van der Waals surface area contributed by atoms with E-state index in [4.69, 9.17) is 10.9 Å². The molecular formula is C11H23N3O. The average Bonchev–Trinajstić information content (AvgIpc) is 2.83. The van der Waals surface area contributed by atoms with E-state index < -0.39 is 0 Å². The van der Waals surface area contributed by atoms with E-state index in [0.717, 1.165) is 13.1 Å². The van der Waals surface area contributed by atoms with Gasteiger partial charge < -0.3 is 16.3 Å². The molecule has 1 aliphatic rings. The van der Waals surface area contributed by atoms with Crippen LogP contribution in [-0.2, 0) is 0 Å². The molecule has 0 aromatic carbocycles. The summed E-state index contributed by atoms with van der Waals surface area (Å²) in [5, 5.41) is 15.0. The van der Waals surface area contributed by atoms with Crippen LogP contribution in [0.1, 0.15) is 40.0 Å². The standard InChI is InChI=1S/C11H23N3O/c1-10(2,3)7-13-8-11(4-5-11)6-9(12)14-15/h13,15H,4-8H2,1-3H3,(H2,12,14). The van der Waals surface area contributed by atoms with E-state index >= 15 is 0 Å². The Morgan fingerprint density at radius 2 is 2.07 bits per heavy atom. The Labute approximate surface area is 91.9 Å². The Balaban J connectivity index is 2.26. The van der Waals surface area contributed by atoms with Gasteiger partial charge >= 0.3 is 0 Å². The fraction of sp³-hybridized carbons (Fsp3) is 0.909. The highest BCUT2D eigenvalue weighted by Gasteiger charge is 2.42. The number of nitrogens with one attached hydrogen (secondary N) is 1. The first-order valence-corrected chi connectivity index (χ1v) is 5.54. The maximum Gasteiger partial charge on any atom is 0.139 e. The maximum atomic E-state index is 8.52. The summed E-state index contributed by atoms with van der Waals surface area (Å²) in [5.74, 6) is 0.352. The zero-order chi connectivity index (χ0) is 11.5. The van der Waals surface area contributed by atoms with Crippen molar-refractivity contribution in [3.05, 3.63) is 0 Å². The largest absolute Gasteiger partial charge is 0.409 e. The van der Waals surface area contributed by atoms with Gasteiger partial charge in [-0.3, -0.25) is 0 Å². The second-order valence-electron chi connectivity index (χ2n) is 5.93. The predicted molar refractivity (Wildman–Crippen MR) is 62.0 cm³/mol. The van der Waals surface area contributed by atoms with Gasteiger partial charge in [-0.15, -0.1) is 0 Å². The summed E-state index contributed by atoms with van der Waals surface area (Å²) in [6.07, 6.45) is 3.07. The van der Waals surface area contributed by atoms with E-state index in [0.29, 0.717) is 17.7 Å². The predicted octanol–water partition coefficient (Wildman–Crippen LogP) is 1.54. The van der Waals surface area contributed by atoms with E-state index in [1.165, 1.54) is 12.8 Å². The van der Waals surface area contributed by atoms with E-state index in [-0.39, 0.29) is 5.41 Å². The lowest BCUT2D eigenvalue weighted by Gasteiger charge is -2.22. The van der Waals surface area contributed by atoms with Crippen LogP contribution in [-0.4, -0.2) is 24.1 Å². The number of amidine groups is 1. The zero-order valence-corrected chi connectivity index (χ0v) is 10.0. The van der Waals surface area contributed by atoms with Crippen molar-refractivity contribution in [3.63, 3.8) is 0 Å². The lowest BCUT2D eigenvalue weighted by atomic mass is 9.95. The first-order valence-electron chi connectivity index (χ1n) is 5.54. The molecule has 0 aromatic heterocycles. The monoisotopic (exact) mass is 213 g/mol. The van der Waals surface area contributed by atoms with Crippen LogP contribution in [0.3, 0.4) is 0 Å². The van der Waals surface area contributed by atoms with Gasteiger partial charge in [0, 0.05) is 19.5 Å². The van der Waals surface area contributed by atoms with Gasteiger partial charge in [-0.05, 0) is 23.7 Å². The second-order valence-corrected chi connectivity index (χ2v) is 5.93. The molecule has 0 amide bonds. The third-order valence-corrected chi connectivity index (χ3v) is 2.80. The van der Waals surface area contributed by atoms with Crippen molar-refractivity contribution in [2.75, 3.05) is 13.1 Å². The molecule has 4 nitrogen and oxygen atoms in total. The first kappa shape index (κ1) is 12.3.